The van der Waals surface area contributed by atoms with Crippen molar-refractivity contribution in [3.05, 3.63) is 57.9 Å². The van der Waals surface area contributed by atoms with Gasteiger partial charge in [0.25, 0.3) is 0 Å². The van der Waals surface area contributed by atoms with Crippen LogP contribution in [0.25, 0.3) is 11.5 Å². The maximum atomic E-state index is 13.4. The van der Waals surface area contributed by atoms with Crippen LogP contribution in [0.1, 0.15) is 5.56 Å². The summed E-state index contributed by atoms with van der Waals surface area (Å²) in [6.07, 6.45) is 3.42. The van der Waals surface area contributed by atoms with Gasteiger partial charge >= 0.3 is 0 Å². The van der Waals surface area contributed by atoms with Gasteiger partial charge < -0.3 is 8.98 Å². The van der Waals surface area contributed by atoms with Crippen LogP contribution in [0.2, 0.25) is 5.15 Å². The maximum absolute atomic E-state index is 13.4. The van der Waals surface area contributed by atoms with Gasteiger partial charge in [-0.15, -0.1) is 0 Å². The van der Waals surface area contributed by atoms with Crippen molar-refractivity contribution < 1.29 is 8.81 Å². The Morgan fingerprint density at radius 1 is 1.42 bits per heavy atom. The highest BCUT2D eigenvalue weighted by atomic mass is 35.5. The third-order valence-corrected chi connectivity index (χ3v) is 3.23. The first-order valence-electron chi connectivity index (χ1n) is 5.52. The molecule has 0 unspecified atom stereocenters. The van der Waals surface area contributed by atoms with Gasteiger partial charge in [-0.25, -0.2) is 9.37 Å². The molecule has 0 saturated heterocycles. The van der Waals surface area contributed by atoms with Crippen molar-refractivity contribution in [3.63, 3.8) is 0 Å². The van der Waals surface area contributed by atoms with Gasteiger partial charge in [-0.1, -0.05) is 11.6 Å². The number of pyridine rings is 2. The molecule has 0 radical (unpaired) electrons. The predicted molar refractivity (Wildman–Crippen MR) is 72.5 cm³/mol. The standard InChI is InChI=1S/C13H8ClFN2OS/c14-13-9(15)4-8(6-16-13)7-17-3-1-2-11-10(17)5-12(19)18-11/h1-6H,7H2. The molecule has 2 aliphatic rings. The van der Waals surface area contributed by atoms with Crippen LogP contribution in [0.4, 0.5) is 4.39 Å². The molecule has 0 aliphatic carbocycles. The quantitative estimate of drug-likeness (QED) is 0.525. The van der Waals surface area contributed by atoms with E-state index in [1.54, 1.807) is 12.3 Å². The number of aromatic nitrogens is 2. The molecule has 0 aromatic carbocycles. The molecule has 0 N–H and O–H groups in total. The molecule has 19 heavy (non-hydrogen) atoms. The van der Waals surface area contributed by atoms with Gasteiger partial charge in [0.15, 0.2) is 21.4 Å². The summed E-state index contributed by atoms with van der Waals surface area (Å²) in [4.78, 5) is 3.79. The minimum Gasteiger partial charge on any atom is -0.444 e. The number of halogens is 2. The fraction of sp³-hybridized carbons (Fsp3) is 0.0769. The van der Waals surface area contributed by atoms with Gasteiger partial charge in [-0.2, -0.15) is 0 Å². The summed E-state index contributed by atoms with van der Waals surface area (Å²) in [6, 6.07) is 6.82. The first-order valence-corrected chi connectivity index (χ1v) is 6.31. The third-order valence-electron chi connectivity index (χ3n) is 2.75. The van der Waals surface area contributed by atoms with E-state index in [4.69, 9.17) is 28.2 Å². The lowest BCUT2D eigenvalue weighted by molar-refractivity contribution is 0.562. The Kier molecular flexibility index (Phi) is 3.08. The Balaban J connectivity index is 2.01. The number of hydrogen-bond donors (Lipinski definition) is 0. The van der Waals surface area contributed by atoms with Crippen LogP contribution in [0.5, 0.6) is 0 Å². The van der Waals surface area contributed by atoms with E-state index in [0.717, 1.165) is 5.69 Å². The summed E-state index contributed by atoms with van der Waals surface area (Å²) in [5, 5.41) is -0.122. The van der Waals surface area contributed by atoms with Crippen LogP contribution in [0.15, 0.2) is 41.1 Å². The van der Waals surface area contributed by atoms with Crippen LogP contribution >= 0.6 is 23.8 Å². The summed E-state index contributed by atoms with van der Waals surface area (Å²) in [5.74, 6) is 0.179. The van der Waals surface area contributed by atoms with Crippen molar-refractivity contribution in [2.45, 2.75) is 6.54 Å². The fourth-order valence-corrected chi connectivity index (χ4v) is 2.22. The van der Waals surface area contributed by atoms with Crippen molar-refractivity contribution in [3.8, 4) is 11.5 Å². The summed E-state index contributed by atoms with van der Waals surface area (Å²) in [5.41, 5.74) is 1.58. The number of furan rings is 1. The molecule has 0 saturated carbocycles. The summed E-state index contributed by atoms with van der Waals surface area (Å²) in [6.45, 7) is 0.465. The summed E-state index contributed by atoms with van der Waals surface area (Å²) >= 11 is 10.6. The van der Waals surface area contributed by atoms with Crippen molar-refractivity contribution >= 4 is 23.8 Å². The molecule has 0 fully saturated rings. The SMILES string of the molecule is Fc1cc(Cn2cccc3oc(=S)cc2-3)cnc1Cl. The first-order chi connectivity index (χ1) is 9.13. The molecular formula is C13H8ClFN2OS. The molecule has 1 aromatic heterocycles. The lowest BCUT2D eigenvalue weighted by atomic mass is 10.2. The zero-order chi connectivity index (χ0) is 13.4. The second kappa shape index (κ2) is 4.75. The van der Waals surface area contributed by atoms with E-state index in [9.17, 15) is 4.39 Å². The second-order valence-electron chi connectivity index (χ2n) is 4.07. The third kappa shape index (κ3) is 2.39. The van der Waals surface area contributed by atoms with Crippen LogP contribution in [0, 0.1) is 10.5 Å². The van der Waals surface area contributed by atoms with E-state index < -0.39 is 5.82 Å². The van der Waals surface area contributed by atoms with Crippen LogP contribution < -0.4 is 0 Å². The zero-order valence-corrected chi connectivity index (χ0v) is 11.2. The second-order valence-corrected chi connectivity index (χ2v) is 4.83. The normalized spacial score (nSPS) is 11.1. The predicted octanol–water partition coefficient (Wildman–Crippen LogP) is 4.15. The molecule has 1 aromatic rings. The lowest BCUT2D eigenvalue weighted by Crippen LogP contribution is -2.04. The van der Waals surface area contributed by atoms with Crippen molar-refractivity contribution in [2.24, 2.45) is 0 Å². The first kappa shape index (κ1) is 12.3. The van der Waals surface area contributed by atoms with Gasteiger partial charge in [-0.3, -0.25) is 0 Å². The van der Waals surface area contributed by atoms with E-state index in [-0.39, 0.29) is 5.15 Å². The van der Waals surface area contributed by atoms with Crippen molar-refractivity contribution in [2.75, 3.05) is 0 Å². The number of nitrogens with zero attached hydrogens (tertiary/aromatic N) is 2. The van der Waals surface area contributed by atoms with Gasteiger partial charge in [0.05, 0.1) is 5.69 Å². The van der Waals surface area contributed by atoms with Gasteiger partial charge in [0.2, 0.25) is 0 Å². The molecule has 3 rings (SSSR count). The molecule has 3 heterocycles. The summed E-state index contributed by atoms with van der Waals surface area (Å²) in [7, 11) is 0. The molecule has 96 valence electrons. The average Bonchev–Trinajstić information content (AvgIpc) is 2.75. The Morgan fingerprint density at radius 3 is 3.05 bits per heavy atom. The highest BCUT2D eigenvalue weighted by Crippen LogP contribution is 2.24. The van der Waals surface area contributed by atoms with Gasteiger partial charge in [0.1, 0.15) is 0 Å². The largest absolute Gasteiger partial charge is 0.444 e. The molecule has 6 heteroatoms. The Hall–Kier alpha value is -1.72. The fourth-order valence-electron chi connectivity index (χ4n) is 1.91. The number of rotatable bonds is 2. The van der Waals surface area contributed by atoms with Gasteiger partial charge in [-0.05, 0) is 36.0 Å². The van der Waals surface area contributed by atoms with E-state index in [1.165, 1.54) is 6.07 Å². The Morgan fingerprint density at radius 2 is 2.26 bits per heavy atom. The average molecular weight is 295 g/mol. The molecule has 0 amide bonds. The zero-order valence-electron chi connectivity index (χ0n) is 9.64. The Bertz CT molecular complexity index is 768. The molecular weight excluding hydrogens is 287 g/mol. The van der Waals surface area contributed by atoms with Crippen LogP contribution in [-0.2, 0) is 6.54 Å². The maximum Gasteiger partial charge on any atom is 0.193 e. The molecule has 0 bridgehead atoms. The van der Waals surface area contributed by atoms with Crippen molar-refractivity contribution in [1.82, 2.24) is 9.55 Å². The van der Waals surface area contributed by atoms with Crippen LogP contribution in [-0.4, -0.2) is 9.55 Å². The van der Waals surface area contributed by atoms with Gasteiger partial charge in [0, 0.05) is 25.0 Å². The molecule has 3 nitrogen and oxygen atoms in total. The van der Waals surface area contributed by atoms with E-state index in [0.29, 0.717) is 22.6 Å². The monoisotopic (exact) mass is 294 g/mol. The van der Waals surface area contributed by atoms with E-state index in [2.05, 4.69) is 4.98 Å². The lowest BCUT2D eigenvalue weighted by Gasteiger charge is -2.11. The van der Waals surface area contributed by atoms with E-state index >= 15 is 0 Å². The minimum absolute atomic E-state index is 0.122. The summed E-state index contributed by atoms with van der Waals surface area (Å²) < 4.78 is 21.1. The van der Waals surface area contributed by atoms with Crippen LogP contribution in [0.3, 0.4) is 0 Å². The highest BCUT2D eigenvalue weighted by molar-refractivity contribution is 7.71. The molecule has 0 atom stereocenters. The topological polar surface area (TPSA) is 31.0 Å². The molecule has 2 aliphatic heterocycles. The van der Waals surface area contributed by atoms with Crippen molar-refractivity contribution in [1.29, 1.82) is 0 Å². The Labute approximate surface area is 118 Å². The smallest absolute Gasteiger partial charge is 0.193 e. The molecule has 0 spiro atoms. The minimum atomic E-state index is -0.525. The number of hydrogen-bond acceptors (Lipinski definition) is 3. The van der Waals surface area contributed by atoms with E-state index in [1.807, 2.05) is 22.9 Å². The number of fused-ring (bicyclic) bond motifs is 1. The highest BCUT2D eigenvalue weighted by Gasteiger charge is 2.11.